The number of nitrogens with one attached hydrogen (secondary N) is 1. The number of pyridine rings is 1. The third kappa shape index (κ3) is 3.83. The summed E-state index contributed by atoms with van der Waals surface area (Å²) in [4.78, 5) is 20.9. The average Bonchev–Trinajstić information content (AvgIpc) is 3.12. The first-order valence-electron chi connectivity index (χ1n) is 8.72. The number of thiazole rings is 1. The van der Waals surface area contributed by atoms with Crippen molar-refractivity contribution in [1.29, 1.82) is 0 Å². The number of para-hydroxylation sites is 1. The van der Waals surface area contributed by atoms with Gasteiger partial charge in [0, 0.05) is 18.3 Å². The Balaban J connectivity index is 1.60. The summed E-state index contributed by atoms with van der Waals surface area (Å²) < 4.78 is 11.8. The molecule has 146 valence electrons. The molecule has 4 rings (SSSR count). The molecule has 2 N–H and O–H groups in total. The van der Waals surface area contributed by atoms with Gasteiger partial charge in [-0.05, 0) is 30.7 Å². The van der Waals surface area contributed by atoms with E-state index < -0.39 is 5.91 Å². The van der Waals surface area contributed by atoms with E-state index in [2.05, 4.69) is 15.3 Å². The van der Waals surface area contributed by atoms with E-state index in [0.717, 1.165) is 21.5 Å². The lowest BCUT2D eigenvalue weighted by Gasteiger charge is -2.06. The van der Waals surface area contributed by atoms with Crippen molar-refractivity contribution < 1.29 is 19.4 Å². The zero-order chi connectivity index (χ0) is 20.4. The molecule has 2 aromatic heterocycles. The number of anilines is 1. The van der Waals surface area contributed by atoms with Crippen molar-refractivity contribution in [2.75, 3.05) is 12.4 Å². The molecule has 0 atom stereocenters. The van der Waals surface area contributed by atoms with Gasteiger partial charge >= 0.3 is 0 Å². The van der Waals surface area contributed by atoms with Gasteiger partial charge in [-0.3, -0.25) is 10.1 Å². The second-order valence-electron chi connectivity index (χ2n) is 6.19. The first-order valence-corrected chi connectivity index (χ1v) is 9.54. The molecule has 0 unspecified atom stereocenters. The molecule has 7 nitrogen and oxygen atoms in total. The summed E-state index contributed by atoms with van der Waals surface area (Å²) in [5, 5.41) is 13.2. The van der Waals surface area contributed by atoms with Crippen LogP contribution in [0.2, 0.25) is 0 Å². The molecule has 0 fully saturated rings. The number of rotatable bonds is 5. The zero-order valence-corrected chi connectivity index (χ0v) is 16.5. The van der Waals surface area contributed by atoms with Crippen LogP contribution in [0.1, 0.15) is 16.1 Å². The number of carbonyl (C=O) groups excluding carboxylic acids is 1. The van der Waals surface area contributed by atoms with Crippen molar-refractivity contribution in [3.8, 4) is 23.0 Å². The molecule has 1 amide bonds. The highest BCUT2D eigenvalue weighted by atomic mass is 32.1. The second kappa shape index (κ2) is 7.76. The lowest BCUT2D eigenvalue weighted by Crippen LogP contribution is -2.13. The van der Waals surface area contributed by atoms with E-state index in [4.69, 9.17) is 9.47 Å². The Morgan fingerprint density at radius 3 is 2.69 bits per heavy atom. The smallest absolute Gasteiger partial charge is 0.280 e. The van der Waals surface area contributed by atoms with E-state index in [9.17, 15) is 9.90 Å². The fourth-order valence-electron chi connectivity index (χ4n) is 2.83. The summed E-state index contributed by atoms with van der Waals surface area (Å²) in [5.41, 5.74) is 1.56. The highest BCUT2D eigenvalue weighted by molar-refractivity contribution is 7.22. The number of aromatic nitrogens is 2. The number of fused-ring (bicyclic) bond motifs is 1. The molecule has 2 heterocycles. The maximum Gasteiger partial charge on any atom is 0.280 e. The molecule has 2 aromatic carbocycles. The number of aromatic hydroxyl groups is 1. The van der Waals surface area contributed by atoms with Crippen LogP contribution in [0.25, 0.3) is 10.2 Å². The van der Waals surface area contributed by atoms with E-state index in [1.165, 1.54) is 30.7 Å². The van der Waals surface area contributed by atoms with Crippen molar-refractivity contribution >= 4 is 32.6 Å². The van der Waals surface area contributed by atoms with E-state index in [-0.39, 0.29) is 17.2 Å². The lowest BCUT2D eigenvalue weighted by molar-refractivity contribution is 0.101. The quantitative estimate of drug-likeness (QED) is 0.495. The number of carbonyl (C=O) groups is 1. The third-order valence-corrected chi connectivity index (χ3v) is 5.10. The fraction of sp³-hybridized carbons (Fsp3) is 0.0952. The summed E-state index contributed by atoms with van der Waals surface area (Å²) in [5.74, 6) is 0.717. The number of ether oxygens (including phenoxy) is 2. The van der Waals surface area contributed by atoms with Crippen LogP contribution < -0.4 is 14.8 Å². The molecule has 0 bridgehead atoms. The highest BCUT2D eigenvalue weighted by Crippen LogP contribution is 2.34. The highest BCUT2D eigenvalue weighted by Gasteiger charge is 2.19. The summed E-state index contributed by atoms with van der Waals surface area (Å²) >= 11 is 1.31. The predicted octanol–water partition coefficient (Wildman–Crippen LogP) is 4.76. The largest absolute Gasteiger partial charge is 0.503 e. The van der Waals surface area contributed by atoms with E-state index in [1.807, 2.05) is 49.4 Å². The molecule has 29 heavy (non-hydrogen) atoms. The lowest BCUT2D eigenvalue weighted by atomic mass is 10.2. The normalized spacial score (nSPS) is 10.7. The number of benzene rings is 2. The predicted molar refractivity (Wildman–Crippen MR) is 111 cm³/mol. The average molecular weight is 407 g/mol. The number of nitrogens with zero attached hydrogens (tertiary/aromatic N) is 2. The minimum absolute atomic E-state index is 0.131. The van der Waals surface area contributed by atoms with Crippen molar-refractivity contribution in [3.05, 3.63) is 66.0 Å². The van der Waals surface area contributed by atoms with Crippen molar-refractivity contribution in [2.24, 2.45) is 0 Å². The molecular formula is C21H17N3O4S. The Labute approximate surface area is 170 Å². The number of hydrogen-bond donors (Lipinski definition) is 2. The summed E-state index contributed by atoms with van der Waals surface area (Å²) in [7, 11) is 1.40. The van der Waals surface area contributed by atoms with Gasteiger partial charge in [0.2, 0.25) is 0 Å². The molecule has 0 spiro atoms. The fourth-order valence-corrected chi connectivity index (χ4v) is 3.79. The van der Waals surface area contributed by atoms with Gasteiger partial charge in [-0.2, -0.15) is 0 Å². The standard InChI is InChI=1S/C21H17N3O4S/c1-12-10-14(28-13-6-4-3-5-7-13)11-16-17(12)23-21(29-16)24-20(26)18-19(25)15(27-2)8-9-22-18/h3-11,25H,1-2H3,(H,23,24,26). The van der Waals surface area contributed by atoms with Gasteiger partial charge in [-0.1, -0.05) is 29.5 Å². The summed E-state index contributed by atoms with van der Waals surface area (Å²) in [6, 6.07) is 14.7. The Bertz CT molecular complexity index is 1190. The SMILES string of the molecule is COc1ccnc(C(=O)Nc2nc3c(C)cc(Oc4ccccc4)cc3s2)c1O. The van der Waals surface area contributed by atoms with Crippen LogP contribution in [0.3, 0.4) is 0 Å². The van der Waals surface area contributed by atoms with Crippen LogP contribution in [0.5, 0.6) is 23.0 Å². The molecule has 4 aromatic rings. The van der Waals surface area contributed by atoms with Crippen LogP contribution in [-0.4, -0.2) is 28.1 Å². The molecule has 0 radical (unpaired) electrons. The van der Waals surface area contributed by atoms with Crippen molar-refractivity contribution in [2.45, 2.75) is 6.92 Å². The van der Waals surface area contributed by atoms with Crippen molar-refractivity contribution in [1.82, 2.24) is 9.97 Å². The van der Waals surface area contributed by atoms with Crippen LogP contribution in [0.4, 0.5) is 5.13 Å². The van der Waals surface area contributed by atoms with E-state index in [1.54, 1.807) is 0 Å². The Hall–Kier alpha value is -3.65. The molecule has 0 aliphatic rings. The maximum absolute atomic E-state index is 12.5. The number of amides is 1. The molecule has 0 saturated heterocycles. The van der Waals surface area contributed by atoms with Gasteiger partial charge in [-0.15, -0.1) is 0 Å². The van der Waals surface area contributed by atoms with Crippen LogP contribution >= 0.6 is 11.3 Å². The minimum Gasteiger partial charge on any atom is -0.503 e. The molecule has 8 heteroatoms. The van der Waals surface area contributed by atoms with Gasteiger partial charge in [0.15, 0.2) is 22.3 Å². The minimum atomic E-state index is -0.570. The summed E-state index contributed by atoms with van der Waals surface area (Å²) in [6.07, 6.45) is 1.39. The van der Waals surface area contributed by atoms with Crippen LogP contribution in [0, 0.1) is 6.92 Å². The monoisotopic (exact) mass is 407 g/mol. The first kappa shape index (κ1) is 18.7. The Morgan fingerprint density at radius 2 is 1.93 bits per heavy atom. The van der Waals surface area contributed by atoms with Crippen molar-refractivity contribution in [3.63, 3.8) is 0 Å². The third-order valence-electron chi connectivity index (χ3n) is 4.18. The van der Waals surface area contributed by atoms with Gasteiger partial charge < -0.3 is 14.6 Å². The first-order chi connectivity index (χ1) is 14.0. The zero-order valence-electron chi connectivity index (χ0n) is 15.7. The number of hydrogen-bond acceptors (Lipinski definition) is 7. The van der Waals surface area contributed by atoms with Gasteiger partial charge in [0.05, 0.1) is 17.3 Å². The van der Waals surface area contributed by atoms with Gasteiger partial charge in [-0.25, -0.2) is 9.97 Å². The van der Waals surface area contributed by atoms with Crippen LogP contribution in [-0.2, 0) is 0 Å². The van der Waals surface area contributed by atoms with E-state index >= 15 is 0 Å². The van der Waals surface area contributed by atoms with E-state index in [0.29, 0.717) is 10.9 Å². The Kier molecular flexibility index (Phi) is 5.01. The van der Waals surface area contributed by atoms with Gasteiger partial charge in [0.25, 0.3) is 5.91 Å². The molecule has 0 aliphatic heterocycles. The molecule has 0 saturated carbocycles. The van der Waals surface area contributed by atoms with Crippen LogP contribution in [0.15, 0.2) is 54.7 Å². The second-order valence-corrected chi connectivity index (χ2v) is 7.22. The van der Waals surface area contributed by atoms with Gasteiger partial charge in [0.1, 0.15) is 11.5 Å². The maximum atomic E-state index is 12.5. The molecule has 0 aliphatic carbocycles. The summed E-state index contributed by atoms with van der Waals surface area (Å²) in [6.45, 7) is 1.93. The number of methoxy groups -OCH3 is 1. The molecular weight excluding hydrogens is 390 g/mol. The topological polar surface area (TPSA) is 93.6 Å². The Morgan fingerprint density at radius 1 is 1.14 bits per heavy atom. The number of aryl methyl sites for hydroxylation is 1.